The van der Waals surface area contributed by atoms with Crippen molar-refractivity contribution in [3.05, 3.63) is 51.2 Å². The van der Waals surface area contributed by atoms with Crippen molar-refractivity contribution in [3.63, 3.8) is 0 Å². The van der Waals surface area contributed by atoms with Crippen LogP contribution in [0.2, 0.25) is 0 Å². The number of ether oxygens (including phenoxy) is 1. The highest BCUT2D eigenvalue weighted by Gasteiger charge is 2.35. The van der Waals surface area contributed by atoms with Gasteiger partial charge in [-0.2, -0.15) is 0 Å². The average molecular weight is 347 g/mol. The molecule has 1 N–H and O–H groups in total. The Morgan fingerprint density at radius 1 is 1.36 bits per heavy atom. The summed E-state index contributed by atoms with van der Waals surface area (Å²) >= 11 is 0. The normalized spacial score (nSPS) is 17.3. The van der Waals surface area contributed by atoms with Gasteiger partial charge in [-0.25, -0.2) is 9.59 Å². The number of rotatable bonds is 6. The summed E-state index contributed by atoms with van der Waals surface area (Å²) in [4.78, 5) is 36.3. The van der Waals surface area contributed by atoms with Crippen LogP contribution >= 0.6 is 0 Å². The van der Waals surface area contributed by atoms with Crippen molar-refractivity contribution in [3.8, 4) is 0 Å². The monoisotopic (exact) mass is 347 g/mol. The molecule has 0 spiro atoms. The Hall–Kier alpha value is -2.90. The summed E-state index contributed by atoms with van der Waals surface area (Å²) in [7, 11) is 1.57. The molecule has 0 fully saturated rings. The van der Waals surface area contributed by atoms with Crippen LogP contribution in [0.15, 0.2) is 35.5 Å². The molecule has 1 aliphatic heterocycles. The summed E-state index contributed by atoms with van der Waals surface area (Å²) in [6.07, 6.45) is 1.65. The van der Waals surface area contributed by atoms with Crippen LogP contribution in [0.3, 0.4) is 0 Å². The number of hydrogen-bond acceptors (Lipinski definition) is 5. The number of non-ortho nitro benzene ring substituents is 1. The number of nitrogens with zero attached hydrogens (tertiary/aromatic N) is 2. The molecule has 1 atom stereocenters. The second kappa shape index (κ2) is 7.78. The highest BCUT2D eigenvalue weighted by atomic mass is 16.6. The Morgan fingerprint density at radius 2 is 2.00 bits per heavy atom. The van der Waals surface area contributed by atoms with Gasteiger partial charge in [0.15, 0.2) is 0 Å². The first-order valence-electron chi connectivity index (χ1n) is 8.03. The molecule has 2 rings (SSSR count). The summed E-state index contributed by atoms with van der Waals surface area (Å²) in [5.74, 6) is -0.499. The van der Waals surface area contributed by atoms with Crippen LogP contribution in [-0.2, 0) is 9.53 Å². The molecular weight excluding hydrogens is 326 g/mol. The van der Waals surface area contributed by atoms with E-state index in [2.05, 4.69) is 5.32 Å². The molecule has 0 radical (unpaired) electrons. The Labute approximate surface area is 145 Å². The maximum absolute atomic E-state index is 12.5. The second-order valence-electron chi connectivity index (χ2n) is 5.78. The van der Waals surface area contributed by atoms with Crippen molar-refractivity contribution in [1.82, 2.24) is 10.2 Å². The molecule has 1 aromatic carbocycles. The Kier molecular flexibility index (Phi) is 5.74. The molecule has 8 nitrogen and oxygen atoms in total. The van der Waals surface area contributed by atoms with Crippen molar-refractivity contribution >= 4 is 17.7 Å². The largest absolute Gasteiger partial charge is 0.462 e. The van der Waals surface area contributed by atoms with Crippen LogP contribution in [-0.4, -0.2) is 35.5 Å². The van der Waals surface area contributed by atoms with E-state index in [9.17, 15) is 19.7 Å². The molecular formula is C17H21N3O5. The molecule has 1 aromatic rings. The minimum Gasteiger partial charge on any atom is -0.462 e. The molecule has 0 aliphatic carbocycles. The molecule has 1 heterocycles. The number of nitrogens with one attached hydrogen (secondary N) is 1. The minimum absolute atomic E-state index is 0.0595. The lowest BCUT2D eigenvalue weighted by atomic mass is 9.95. The smallest absolute Gasteiger partial charge is 0.338 e. The summed E-state index contributed by atoms with van der Waals surface area (Å²) in [5, 5.41) is 13.5. The minimum atomic E-state index is -0.710. The van der Waals surface area contributed by atoms with E-state index in [1.807, 2.05) is 6.92 Å². The molecule has 0 unspecified atom stereocenters. The van der Waals surface area contributed by atoms with Crippen molar-refractivity contribution in [1.29, 1.82) is 0 Å². The number of nitro benzene ring substituents is 1. The first kappa shape index (κ1) is 18.4. The Bertz CT molecular complexity index is 711. The predicted molar refractivity (Wildman–Crippen MR) is 90.7 cm³/mol. The third kappa shape index (κ3) is 3.96. The van der Waals surface area contributed by atoms with Crippen molar-refractivity contribution < 1.29 is 19.2 Å². The quantitative estimate of drug-likeness (QED) is 0.369. The van der Waals surface area contributed by atoms with Crippen LogP contribution in [0.5, 0.6) is 0 Å². The van der Waals surface area contributed by atoms with Gasteiger partial charge in [-0.05, 0) is 31.0 Å². The van der Waals surface area contributed by atoms with E-state index >= 15 is 0 Å². The molecule has 8 heteroatoms. The van der Waals surface area contributed by atoms with Crippen molar-refractivity contribution in [2.75, 3.05) is 13.7 Å². The molecule has 0 bridgehead atoms. The van der Waals surface area contributed by atoms with E-state index < -0.39 is 16.9 Å². The van der Waals surface area contributed by atoms with Crippen LogP contribution in [0.1, 0.15) is 38.3 Å². The molecule has 0 saturated carbocycles. The number of carbonyl (C=O) groups is 2. The fourth-order valence-corrected chi connectivity index (χ4v) is 2.53. The molecule has 1 aliphatic rings. The fraction of sp³-hybridized carbons (Fsp3) is 0.412. The van der Waals surface area contributed by atoms with Crippen LogP contribution in [0.4, 0.5) is 10.5 Å². The number of carbonyl (C=O) groups excluding carboxylic acids is 2. The lowest BCUT2D eigenvalue weighted by Gasteiger charge is -2.33. The number of esters is 1. The highest BCUT2D eigenvalue weighted by molar-refractivity contribution is 5.95. The molecule has 25 heavy (non-hydrogen) atoms. The lowest BCUT2D eigenvalue weighted by Crippen LogP contribution is -2.46. The summed E-state index contributed by atoms with van der Waals surface area (Å²) in [6.45, 7) is 3.97. The zero-order chi connectivity index (χ0) is 18.6. The topological polar surface area (TPSA) is 102 Å². The van der Waals surface area contributed by atoms with Gasteiger partial charge in [0.2, 0.25) is 0 Å². The predicted octanol–water partition coefficient (Wildman–Crippen LogP) is 2.91. The summed E-state index contributed by atoms with van der Waals surface area (Å²) in [6, 6.07) is 4.68. The van der Waals surface area contributed by atoms with Crippen molar-refractivity contribution in [2.24, 2.45) is 0 Å². The average Bonchev–Trinajstić information content (AvgIpc) is 2.59. The van der Waals surface area contributed by atoms with Gasteiger partial charge in [0.1, 0.15) is 0 Å². The van der Waals surface area contributed by atoms with Gasteiger partial charge in [-0.1, -0.05) is 13.3 Å². The Balaban J connectivity index is 2.37. The summed E-state index contributed by atoms with van der Waals surface area (Å²) in [5.41, 5.74) is 1.34. The van der Waals surface area contributed by atoms with Gasteiger partial charge in [0.25, 0.3) is 5.69 Å². The van der Waals surface area contributed by atoms with Gasteiger partial charge in [0.05, 0.1) is 23.1 Å². The maximum atomic E-state index is 12.5. The molecule has 0 aromatic heterocycles. The van der Waals surface area contributed by atoms with E-state index in [0.29, 0.717) is 23.4 Å². The SMILES string of the molecule is CCCCOC(=O)C1=C(C)N(C)C(=O)N[C@H]1c1ccc([N+](=O)[O-])cc1. The first-order valence-corrected chi connectivity index (χ1v) is 8.03. The number of unbranched alkanes of at least 4 members (excludes halogenated alkanes) is 1. The highest BCUT2D eigenvalue weighted by Crippen LogP contribution is 2.31. The van der Waals surface area contributed by atoms with Crippen LogP contribution in [0, 0.1) is 10.1 Å². The number of urea groups is 1. The van der Waals surface area contributed by atoms with Gasteiger partial charge in [-0.15, -0.1) is 0 Å². The first-order chi connectivity index (χ1) is 11.9. The van der Waals surface area contributed by atoms with E-state index in [1.54, 1.807) is 14.0 Å². The van der Waals surface area contributed by atoms with E-state index in [1.165, 1.54) is 29.2 Å². The Morgan fingerprint density at radius 3 is 2.56 bits per heavy atom. The van der Waals surface area contributed by atoms with Gasteiger partial charge < -0.3 is 15.0 Å². The molecule has 134 valence electrons. The second-order valence-corrected chi connectivity index (χ2v) is 5.78. The number of allylic oxidation sites excluding steroid dienone is 1. The third-order valence-electron chi connectivity index (χ3n) is 4.14. The molecule has 2 amide bonds. The maximum Gasteiger partial charge on any atom is 0.338 e. The van der Waals surface area contributed by atoms with Crippen LogP contribution < -0.4 is 5.32 Å². The lowest BCUT2D eigenvalue weighted by molar-refractivity contribution is -0.384. The zero-order valence-corrected chi connectivity index (χ0v) is 14.4. The number of benzene rings is 1. The van der Waals surface area contributed by atoms with Gasteiger partial charge >= 0.3 is 12.0 Å². The number of amides is 2. The number of nitro groups is 1. The van der Waals surface area contributed by atoms with E-state index in [0.717, 1.165) is 12.8 Å². The standard InChI is InChI=1S/C17H21N3O5/c1-4-5-10-25-16(21)14-11(2)19(3)17(22)18-15(14)12-6-8-13(9-7-12)20(23)24/h6-9,15H,4-5,10H2,1-3H3,(H,18,22)/t15-/m0/s1. The van der Waals surface area contributed by atoms with E-state index in [-0.39, 0.29) is 11.7 Å². The third-order valence-corrected chi connectivity index (χ3v) is 4.14. The fourth-order valence-electron chi connectivity index (χ4n) is 2.53. The van der Waals surface area contributed by atoms with Crippen LogP contribution in [0.25, 0.3) is 0 Å². The number of hydrogen-bond donors (Lipinski definition) is 1. The van der Waals surface area contributed by atoms with Gasteiger partial charge in [0, 0.05) is 24.9 Å². The van der Waals surface area contributed by atoms with Gasteiger partial charge in [-0.3, -0.25) is 10.1 Å². The van der Waals surface area contributed by atoms with Crippen molar-refractivity contribution in [2.45, 2.75) is 32.7 Å². The van der Waals surface area contributed by atoms with E-state index in [4.69, 9.17) is 4.74 Å². The summed E-state index contributed by atoms with van der Waals surface area (Å²) < 4.78 is 5.31. The molecule has 0 saturated heterocycles. The zero-order valence-electron chi connectivity index (χ0n) is 14.4.